The van der Waals surface area contributed by atoms with Gasteiger partial charge in [0.15, 0.2) is 5.76 Å². The van der Waals surface area contributed by atoms with E-state index in [9.17, 15) is 10.1 Å². The predicted octanol–water partition coefficient (Wildman–Crippen LogP) is 3.08. The Hall–Kier alpha value is -3.53. The van der Waals surface area contributed by atoms with Crippen LogP contribution in [0.2, 0.25) is 0 Å². The molecular formula is C20H18N4O3. The number of rotatable bonds is 3. The van der Waals surface area contributed by atoms with E-state index in [1.807, 2.05) is 36.1 Å². The first-order valence-corrected chi connectivity index (χ1v) is 8.71. The van der Waals surface area contributed by atoms with Crippen LogP contribution < -0.4 is 4.90 Å². The van der Waals surface area contributed by atoms with Gasteiger partial charge in [-0.15, -0.1) is 0 Å². The van der Waals surface area contributed by atoms with Gasteiger partial charge in [-0.2, -0.15) is 10.2 Å². The Balaban J connectivity index is 1.51. The van der Waals surface area contributed by atoms with Crippen LogP contribution in [0, 0.1) is 18.3 Å². The molecule has 4 rings (SSSR count). The fourth-order valence-electron chi connectivity index (χ4n) is 3.17. The maximum absolute atomic E-state index is 12.4. The number of furan rings is 1. The molecule has 7 heteroatoms. The van der Waals surface area contributed by atoms with Crippen molar-refractivity contribution in [3.63, 3.8) is 0 Å². The van der Waals surface area contributed by atoms with Gasteiger partial charge in [-0.1, -0.05) is 17.7 Å². The normalized spacial score (nSPS) is 14.2. The minimum absolute atomic E-state index is 0.127. The molecule has 136 valence electrons. The van der Waals surface area contributed by atoms with Crippen LogP contribution >= 0.6 is 0 Å². The average molecular weight is 362 g/mol. The predicted molar refractivity (Wildman–Crippen MR) is 98.2 cm³/mol. The number of aryl methyl sites for hydroxylation is 1. The van der Waals surface area contributed by atoms with E-state index in [0.717, 1.165) is 11.1 Å². The maximum Gasteiger partial charge on any atom is 0.289 e. The van der Waals surface area contributed by atoms with Crippen molar-refractivity contribution < 1.29 is 13.6 Å². The van der Waals surface area contributed by atoms with Crippen molar-refractivity contribution in [3.05, 3.63) is 59.7 Å². The lowest BCUT2D eigenvalue weighted by Crippen LogP contribution is -2.48. The molecule has 1 amide bonds. The Labute approximate surface area is 156 Å². The van der Waals surface area contributed by atoms with Crippen LogP contribution in [0.5, 0.6) is 0 Å². The van der Waals surface area contributed by atoms with Crippen molar-refractivity contribution in [3.8, 4) is 17.5 Å². The summed E-state index contributed by atoms with van der Waals surface area (Å²) in [7, 11) is 0. The van der Waals surface area contributed by atoms with Gasteiger partial charge in [0, 0.05) is 31.7 Å². The van der Waals surface area contributed by atoms with Crippen molar-refractivity contribution in [1.29, 1.82) is 5.26 Å². The second-order valence-corrected chi connectivity index (χ2v) is 6.41. The Morgan fingerprint density at radius 3 is 2.67 bits per heavy atom. The molecule has 0 aliphatic carbocycles. The summed E-state index contributed by atoms with van der Waals surface area (Å²) >= 11 is 0. The summed E-state index contributed by atoms with van der Waals surface area (Å²) in [6, 6.07) is 13.3. The monoisotopic (exact) mass is 362 g/mol. The SMILES string of the molecule is Cc1cccc(-c2nc(C#N)c(N3CCN(C(=O)c4ccco4)CC3)o2)c1. The smallest absolute Gasteiger partial charge is 0.289 e. The Bertz CT molecular complexity index is 993. The maximum atomic E-state index is 12.4. The molecule has 0 atom stereocenters. The van der Waals surface area contributed by atoms with Gasteiger partial charge in [-0.25, -0.2) is 0 Å². The third kappa shape index (κ3) is 3.29. The second kappa shape index (κ2) is 7.00. The highest BCUT2D eigenvalue weighted by Crippen LogP contribution is 2.29. The number of oxazole rings is 1. The number of piperazine rings is 1. The number of hydrogen-bond acceptors (Lipinski definition) is 6. The first kappa shape index (κ1) is 16.9. The van der Waals surface area contributed by atoms with Gasteiger partial charge < -0.3 is 18.6 Å². The van der Waals surface area contributed by atoms with Gasteiger partial charge in [0.2, 0.25) is 17.5 Å². The molecule has 0 spiro atoms. The van der Waals surface area contributed by atoms with Gasteiger partial charge in [0.25, 0.3) is 5.91 Å². The molecule has 7 nitrogen and oxygen atoms in total. The minimum atomic E-state index is -0.127. The highest BCUT2D eigenvalue weighted by atomic mass is 16.4. The molecule has 1 aromatic carbocycles. The molecule has 0 unspecified atom stereocenters. The molecule has 1 aliphatic heterocycles. The van der Waals surface area contributed by atoms with E-state index in [4.69, 9.17) is 8.83 Å². The van der Waals surface area contributed by atoms with Crippen molar-refractivity contribution >= 4 is 11.8 Å². The number of amides is 1. The molecule has 27 heavy (non-hydrogen) atoms. The van der Waals surface area contributed by atoms with Crippen molar-refractivity contribution in [2.45, 2.75) is 6.92 Å². The highest BCUT2D eigenvalue weighted by molar-refractivity contribution is 5.91. The van der Waals surface area contributed by atoms with Crippen molar-refractivity contribution in [2.75, 3.05) is 31.1 Å². The number of carbonyl (C=O) groups excluding carboxylic acids is 1. The highest BCUT2D eigenvalue weighted by Gasteiger charge is 2.27. The van der Waals surface area contributed by atoms with Gasteiger partial charge in [-0.05, 0) is 31.2 Å². The third-order valence-corrected chi connectivity index (χ3v) is 4.57. The average Bonchev–Trinajstić information content (AvgIpc) is 3.37. The number of carbonyl (C=O) groups is 1. The topological polar surface area (TPSA) is 86.5 Å². The number of aromatic nitrogens is 1. The molecule has 0 saturated carbocycles. The first-order valence-electron chi connectivity index (χ1n) is 8.71. The largest absolute Gasteiger partial charge is 0.459 e. The lowest BCUT2D eigenvalue weighted by atomic mass is 10.1. The van der Waals surface area contributed by atoms with Crippen LogP contribution in [-0.2, 0) is 0 Å². The molecule has 1 fully saturated rings. The van der Waals surface area contributed by atoms with Crippen LogP contribution in [0.15, 0.2) is 51.5 Å². The number of benzene rings is 1. The summed E-state index contributed by atoms with van der Waals surface area (Å²) in [5.41, 5.74) is 2.19. The van der Waals surface area contributed by atoms with E-state index in [0.29, 0.717) is 43.7 Å². The quantitative estimate of drug-likeness (QED) is 0.712. The summed E-state index contributed by atoms with van der Waals surface area (Å²) in [6.07, 6.45) is 1.49. The van der Waals surface area contributed by atoms with Crippen molar-refractivity contribution in [2.24, 2.45) is 0 Å². The molecule has 3 heterocycles. The summed E-state index contributed by atoms with van der Waals surface area (Å²) in [6.45, 7) is 4.15. The third-order valence-electron chi connectivity index (χ3n) is 4.57. The zero-order valence-electron chi connectivity index (χ0n) is 14.9. The molecule has 0 bridgehead atoms. The van der Waals surface area contributed by atoms with E-state index in [2.05, 4.69) is 11.1 Å². The second-order valence-electron chi connectivity index (χ2n) is 6.41. The fourth-order valence-corrected chi connectivity index (χ4v) is 3.17. The molecule has 1 aliphatic rings. The van der Waals surface area contributed by atoms with Crippen molar-refractivity contribution in [1.82, 2.24) is 9.88 Å². The summed E-state index contributed by atoms with van der Waals surface area (Å²) in [4.78, 5) is 20.4. The van der Waals surface area contributed by atoms with Crippen LogP contribution in [0.4, 0.5) is 5.88 Å². The van der Waals surface area contributed by atoms with Gasteiger partial charge in [0.05, 0.1) is 6.26 Å². The van der Waals surface area contributed by atoms with E-state index in [1.54, 1.807) is 17.0 Å². The molecule has 3 aromatic rings. The van der Waals surface area contributed by atoms with E-state index in [1.165, 1.54) is 6.26 Å². The molecule has 1 saturated heterocycles. The standard InChI is InChI=1S/C20H18N4O3/c1-14-4-2-5-15(12-14)18-22-16(13-21)20(27-18)24-9-7-23(8-10-24)19(25)17-6-3-11-26-17/h2-6,11-12H,7-10H2,1H3. The summed E-state index contributed by atoms with van der Waals surface area (Å²) in [5.74, 6) is 1.10. The number of hydrogen-bond donors (Lipinski definition) is 0. The van der Waals surface area contributed by atoms with Crippen LogP contribution in [0.1, 0.15) is 21.8 Å². The van der Waals surface area contributed by atoms with E-state index < -0.39 is 0 Å². The van der Waals surface area contributed by atoms with Gasteiger partial charge in [0.1, 0.15) is 6.07 Å². The van der Waals surface area contributed by atoms with Crippen LogP contribution in [-0.4, -0.2) is 42.0 Å². The molecule has 2 aromatic heterocycles. The molecule has 0 N–H and O–H groups in total. The number of anilines is 1. The minimum Gasteiger partial charge on any atom is -0.459 e. The zero-order valence-corrected chi connectivity index (χ0v) is 14.9. The van der Waals surface area contributed by atoms with Crippen LogP contribution in [0.3, 0.4) is 0 Å². The van der Waals surface area contributed by atoms with Gasteiger partial charge in [-0.3, -0.25) is 4.79 Å². The van der Waals surface area contributed by atoms with E-state index in [-0.39, 0.29) is 11.6 Å². The molecule has 0 radical (unpaired) electrons. The zero-order chi connectivity index (χ0) is 18.8. The Morgan fingerprint density at radius 2 is 2.00 bits per heavy atom. The van der Waals surface area contributed by atoms with Crippen LogP contribution in [0.25, 0.3) is 11.5 Å². The lowest BCUT2D eigenvalue weighted by molar-refractivity contribution is 0.0713. The van der Waals surface area contributed by atoms with E-state index >= 15 is 0 Å². The summed E-state index contributed by atoms with van der Waals surface area (Å²) in [5, 5.41) is 9.45. The Morgan fingerprint density at radius 1 is 1.19 bits per heavy atom. The summed E-state index contributed by atoms with van der Waals surface area (Å²) < 4.78 is 11.1. The number of nitriles is 1. The lowest BCUT2D eigenvalue weighted by Gasteiger charge is -2.34. The molecular weight excluding hydrogens is 344 g/mol. The first-order chi connectivity index (χ1) is 13.2. The van der Waals surface area contributed by atoms with Gasteiger partial charge >= 0.3 is 0 Å². The Kier molecular flexibility index (Phi) is 4.38. The fraction of sp³-hybridized carbons (Fsp3) is 0.250. The number of nitrogens with zero attached hydrogens (tertiary/aromatic N) is 4.